The summed E-state index contributed by atoms with van der Waals surface area (Å²) >= 11 is 5.05. The second-order valence-electron chi connectivity index (χ2n) is 3.96. The maximum atomic E-state index is 5.97. The van der Waals surface area contributed by atoms with Gasteiger partial charge in [-0.3, -0.25) is 4.98 Å². The molecule has 1 aromatic carbocycles. The molecular weight excluding hydrogens is 322 g/mol. The minimum Gasteiger partial charge on any atom is -0.398 e. The van der Waals surface area contributed by atoms with E-state index in [0.29, 0.717) is 0 Å². The summed E-state index contributed by atoms with van der Waals surface area (Å²) in [5.74, 6) is 0. The summed E-state index contributed by atoms with van der Waals surface area (Å²) in [5.41, 5.74) is 9.40. The molecule has 5 heteroatoms. The fraction of sp³-hybridized carbons (Fsp3) is 0. The van der Waals surface area contributed by atoms with Gasteiger partial charge in [0.2, 0.25) is 0 Å². The highest BCUT2D eigenvalue weighted by Crippen LogP contribution is 2.33. The fourth-order valence-electron chi connectivity index (χ4n) is 1.78. The molecule has 2 heterocycles. The van der Waals surface area contributed by atoms with Crippen LogP contribution >= 0.6 is 27.3 Å². The van der Waals surface area contributed by atoms with Crippen molar-refractivity contribution in [3.05, 3.63) is 52.4 Å². The molecular formula is C14H10BrN3S. The Morgan fingerprint density at radius 3 is 2.74 bits per heavy atom. The topological polar surface area (TPSA) is 51.8 Å². The van der Waals surface area contributed by atoms with Gasteiger partial charge in [0.25, 0.3) is 0 Å². The molecule has 0 aliphatic rings. The van der Waals surface area contributed by atoms with Crippen LogP contribution in [-0.4, -0.2) is 9.97 Å². The maximum Gasteiger partial charge on any atom is 0.143 e. The third-order valence-corrected chi connectivity index (χ3v) is 4.19. The Morgan fingerprint density at radius 1 is 1.11 bits per heavy atom. The maximum absolute atomic E-state index is 5.97. The van der Waals surface area contributed by atoms with Gasteiger partial charge in [-0.15, -0.1) is 11.3 Å². The largest absolute Gasteiger partial charge is 0.398 e. The zero-order chi connectivity index (χ0) is 13.2. The monoisotopic (exact) mass is 331 g/mol. The third kappa shape index (κ3) is 2.39. The van der Waals surface area contributed by atoms with E-state index in [9.17, 15) is 0 Å². The summed E-state index contributed by atoms with van der Waals surface area (Å²) in [6, 6.07) is 11.6. The van der Waals surface area contributed by atoms with Gasteiger partial charge >= 0.3 is 0 Å². The number of nitrogens with zero attached hydrogens (tertiary/aromatic N) is 2. The van der Waals surface area contributed by atoms with Crippen LogP contribution in [0.25, 0.3) is 22.0 Å². The Morgan fingerprint density at radius 2 is 1.95 bits per heavy atom. The van der Waals surface area contributed by atoms with Crippen molar-refractivity contribution in [1.82, 2.24) is 9.97 Å². The molecule has 0 unspecified atom stereocenters. The van der Waals surface area contributed by atoms with E-state index in [1.165, 1.54) is 0 Å². The summed E-state index contributed by atoms with van der Waals surface area (Å²) in [6.07, 6.45) is 1.76. The van der Waals surface area contributed by atoms with Crippen LogP contribution in [0.1, 0.15) is 0 Å². The van der Waals surface area contributed by atoms with E-state index in [0.717, 1.165) is 32.1 Å². The first-order chi connectivity index (χ1) is 9.25. The molecule has 0 saturated carbocycles. The first kappa shape index (κ1) is 12.3. The number of pyridine rings is 1. The Balaban J connectivity index is 2.06. The molecule has 3 aromatic rings. The first-order valence-electron chi connectivity index (χ1n) is 5.67. The zero-order valence-electron chi connectivity index (χ0n) is 9.88. The molecule has 3 rings (SSSR count). The molecule has 0 aliphatic heterocycles. The standard InChI is InChI=1S/C14H10BrN3S/c15-10-5-3-7-17-13(10)14-18-12(8-19-14)9-4-1-2-6-11(9)16/h1-8H,16H2. The number of nitrogens with two attached hydrogens (primary N) is 1. The summed E-state index contributed by atoms with van der Waals surface area (Å²) in [5, 5.41) is 2.88. The van der Waals surface area contributed by atoms with Gasteiger partial charge in [-0.25, -0.2) is 4.98 Å². The fourth-order valence-corrected chi connectivity index (χ4v) is 3.18. The van der Waals surface area contributed by atoms with Crippen molar-refractivity contribution in [2.45, 2.75) is 0 Å². The number of aromatic nitrogens is 2. The van der Waals surface area contributed by atoms with Crippen molar-refractivity contribution in [2.24, 2.45) is 0 Å². The number of rotatable bonds is 2. The van der Waals surface area contributed by atoms with E-state index in [2.05, 4.69) is 25.9 Å². The minimum atomic E-state index is 0.736. The normalized spacial score (nSPS) is 10.6. The van der Waals surface area contributed by atoms with Gasteiger partial charge in [-0.2, -0.15) is 0 Å². The molecule has 0 bridgehead atoms. The average molecular weight is 332 g/mol. The van der Waals surface area contributed by atoms with Gasteiger partial charge in [-0.1, -0.05) is 18.2 Å². The molecule has 2 N–H and O–H groups in total. The lowest BCUT2D eigenvalue weighted by Crippen LogP contribution is -1.89. The molecule has 0 amide bonds. The lowest BCUT2D eigenvalue weighted by atomic mass is 10.1. The van der Waals surface area contributed by atoms with Crippen LogP contribution in [0, 0.1) is 0 Å². The van der Waals surface area contributed by atoms with E-state index < -0.39 is 0 Å². The Kier molecular flexibility index (Phi) is 3.31. The average Bonchev–Trinajstić information content (AvgIpc) is 2.89. The van der Waals surface area contributed by atoms with E-state index in [1.807, 2.05) is 41.8 Å². The van der Waals surface area contributed by atoms with Gasteiger partial charge in [-0.05, 0) is 34.1 Å². The van der Waals surface area contributed by atoms with Crippen LogP contribution in [0.2, 0.25) is 0 Å². The highest BCUT2D eigenvalue weighted by atomic mass is 79.9. The second-order valence-corrected chi connectivity index (χ2v) is 5.67. The summed E-state index contributed by atoms with van der Waals surface area (Å²) in [6.45, 7) is 0. The van der Waals surface area contributed by atoms with Crippen molar-refractivity contribution in [3.8, 4) is 22.0 Å². The molecule has 0 atom stereocenters. The minimum absolute atomic E-state index is 0.736. The van der Waals surface area contributed by atoms with Crippen LogP contribution in [0.4, 0.5) is 5.69 Å². The molecule has 0 fully saturated rings. The molecule has 94 valence electrons. The van der Waals surface area contributed by atoms with E-state index in [1.54, 1.807) is 17.5 Å². The number of halogens is 1. The van der Waals surface area contributed by atoms with Crippen molar-refractivity contribution < 1.29 is 0 Å². The SMILES string of the molecule is Nc1ccccc1-c1csc(-c2ncccc2Br)n1. The summed E-state index contributed by atoms with van der Waals surface area (Å²) in [4.78, 5) is 8.97. The van der Waals surface area contributed by atoms with E-state index >= 15 is 0 Å². The van der Waals surface area contributed by atoms with Gasteiger partial charge < -0.3 is 5.73 Å². The first-order valence-corrected chi connectivity index (χ1v) is 7.34. The van der Waals surface area contributed by atoms with Gasteiger partial charge in [0, 0.05) is 27.3 Å². The van der Waals surface area contributed by atoms with Crippen LogP contribution in [0.15, 0.2) is 52.4 Å². The Bertz CT molecular complexity index is 664. The number of anilines is 1. The van der Waals surface area contributed by atoms with Crippen LogP contribution < -0.4 is 5.73 Å². The molecule has 0 aliphatic carbocycles. The smallest absolute Gasteiger partial charge is 0.143 e. The van der Waals surface area contributed by atoms with E-state index in [-0.39, 0.29) is 0 Å². The zero-order valence-corrected chi connectivity index (χ0v) is 12.3. The third-order valence-electron chi connectivity index (χ3n) is 2.70. The van der Waals surface area contributed by atoms with Gasteiger partial charge in [0.15, 0.2) is 0 Å². The van der Waals surface area contributed by atoms with Crippen LogP contribution in [0.3, 0.4) is 0 Å². The van der Waals surface area contributed by atoms with E-state index in [4.69, 9.17) is 5.73 Å². The highest BCUT2D eigenvalue weighted by molar-refractivity contribution is 9.10. The molecule has 19 heavy (non-hydrogen) atoms. The Hall–Kier alpha value is -1.72. The Labute approximate surface area is 123 Å². The lowest BCUT2D eigenvalue weighted by Gasteiger charge is -2.01. The van der Waals surface area contributed by atoms with Crippen molar-refractivity contribution in [3.63, 3.8) is 0 Å². The van der Waals surface area contributed by atoms with Gasteiger partial charge in [0.1, 0.15) is 10.7 Å². The number of benzene rings is 1. The van der Waals surface area contributed by atoms with Gasteiger partial charge in [0.05, 0.1) is 5.69 Å². The number of nitrogen functional groups attached to an aromatic ring is 1. The van der Waals surface area contributed by atoms with Crippen LogP contribution in [0.5, 0.6) is 0 Å². The molecule has 0 radical (unpaired) electrons. The predicted octanol–water partition coefficient (Wildman–Crippen LogP) is 4.22. The number of para-hydroxylation sites is 1. The quantitative estimate of drug-likeness (QED) is 0.715. The second kappa shape index (κ2) is 5.11. The molecule has 0 saturated heterocycles. The highest BCUT2D eigenvalue weighted by Gasteiger charge is 2.11. The number of hydrogen-bond donors (Lipinski definition) is 1. The lowest BCUT2D eigenvalue weighted by molar-refractivity contribution is 1.28. The van der Waals surface area contributed by atoms with Crippen molar-refractivity contribution >= 4 is 33.0 Å². The number of thiazole rings is 1. The van der Waals surface area contributed by atoms with Crippen molar-refractivity contribution in [1.29, 1.82) is 0 Å². The molecule has 0 spiro atoms. The molecule has 2 aromatic heterocycles. The van der Waals surface area contributed by atoms with Crippen molar-refractivity contribution in [2.75, 3.05) is 5.73 Å². The van der Waals surface area contributed by atoms with Crippen LogP contribution in [-0.2, 0) is 0 Å². The molecule has 3 nitrogen and oxygen atoms in total. The number of hydrogen-bond acceptors (Lipinski definition) is 4. The summed E-state index contributed by atoms with van der Waals surface area (Å²) < 4.78 is 0.942. The summed E-state index contributed by atoms with van der Waals surface area (Å²) in [7, 11) is 0. The predicted molar refractivity (Wildman–Crippen MR) is 82.9 cm³/mol.